The molecule has 0 aliphatic carbocycles. The van der Waals surface area contributed by atoms with Crippen molar-refractivity contribution < 1.29 is 4.74 Å². The van der Waals surface area contributed by atoms with E-state index < -0.39 is 0 Å². The van der Waals surface area contributed by atoms with Gasteiger partial charge in [0.2, 0.25) is 0 Å². The third-order valence-corrected chi connectivity index (χ3v) is 6.13. The lowest BCUT2D eigenvalue weighted by Crippen LogP contribution is -2.31. The molecule has 5 rings (SSSR count). The Morgan fingerprint density at radius 3 is 2.96 bits per heavy atom. The highest BCUT2D eigenvalue weighted by molar-refractivity contribution is 5.81. The highest BCUT2D eigenvalue weighted by Gasteiger charge is 2.30. The molecule has 2 saturated heterocycles. The Hall–Kier alpha value is -2.18. The average Bonchev–Trinajstić information content (AvgIpc) is 3.41. The number of imidazole rings is 1. The lowest BCUT2D eigenvalue weighted by atomic mass is 9.97. The third-order valence-electron chi connectivity index (χ3n) is 6.13. The minimum absolute atomic E-state index is 0.0784. The molecule has 6 nitrogen and oxygen atoms in total. The van der Waals surface area contributed by atoms with Crippen LogP contribution in [-0.4, -0.2) is 38.0 Å². The van der Waals surface area contributed by atoms with Gasteiger partial charge in [-0.1, -0.05) is 6.07 Å². The van der Waals surface area contributed by atoms with E-state index in [1.54, 1.807) is 0 Å². The predicted molar refractivity (Wildman–Crippen MR) is 110 cm³/mol. The Kier molecular flexibility index (Phi) is 4.48. The number of nitrogens with zero attached hydrogens (tertiary/aromatic N) is 4. The first-order valence-corrected chi connectivity index (χ1v) is 10.4. The molecule has 2 aliphatic rings. The molecule has 2 aliphatic heterocycles. The molecule has 3 aromatic rings. The van der Waals surface area contributed by atoms with Crippen molar-refractivity contribution in [3.05, 3.63) is 36.9 Å². The standard InChI is InChI=1S/C22H29N5O/c1-22(2)10-16(11-24-22)13-26-15-23-19-9-17(6-7-20(19)26)18-12-25-27(14-18)21-5-3-4-8-28-21/h6-7,9,12,14-16,21,24H,3-5,8,10-11,13H2,1-2H3. The molecule has 0 spiro atoms. The summed E-state index contributed by atoms with van der Waals surface area (Å²) in [5.74, 6) is 0.654. The van der Waals surface area contributed by atoms with Crippen molar-refractivity contribution in [2.24, 2.45) is 5.92 Å². The van der Waals surface area contributed by atoms with Gasteiger partial charge < -0.3 is 14.6 Å². The molecule has 2 aromatic heterocycles. The molecule has 2 fully saturated rings. The molecule has 0 radical (unpaired) electrons. The second-order valence-electron chi connectivity index (χ2n) is 8.97. The van der Waals surface area contributed by atoms with Gasteiger partial charge in [0.15, 0.2) is 0 Å². The highest BCUT2D eigenvalue weighted by Crippen LogP contribution is 2.29. The second-order valence-corrected chi connectivity index (χ2v) is 8.97. The Bertz CT molecular complexity index is 966. The van der Waals surface area contributed by atoms with E-state index in [4.69, 9.17) is 4.74 Å². The Morgan fingerprint density at radius 1 is 1.25 bits per heavy atom. The van der Waals surface area contributed by atoms with Crippen molar-refractivity contribution in [1.82, 2.24) is 24.6 Å². The van der Waals surface area contributed by atoms with Crippen LogP contribution in [0.4, 0.5) is 0 Å². The zero-order chi connectivity index (χ0) is 19.1. The van der Waals surface area contributed by atoms with Gasteiger partial charge in [0, 0.05) is 37.0 Å². The first kappa shape index (κ1) is 17.9. The molecule has 0 amide bonds. The fourth-order valence-electron chi connectivity index (χ4n) is 4.66. The van der Waals surface area contributed by atoms with Gasteiger partial charge in [0.05, 0.1) is 23.6 Å². The summed E-state index contributed by atoms with van der Waals surface area (Å²) in [7, 11) is 0. The van der Waals surface area contributed by atoms with Crippen molar-refractivity contribution in [2.45, 2.75) is 57.8 Å². The van der Waals surface area contributed by atoms with Crippen LogP contribution >= 0.6 is 0 Å². The molecular formula is C22H29N5O. The van der Waals surface area contributed by atoms with E-state index in [0.717, 1.165) is 49.2 Å². The summed E-state index contributed by atoms with van der Waals surface area (Å²) in [4.78, 5) is 4.67. The van der Waals surface area contributed by atoms with Gasteiger partial charge in [0.25, 0.3) is 0 Å². The number of benzene rings is 1. The van der Waals surface area contributed by atoms with Crippen LogP contribution in [0.5, 0.6) is 0 Å². The zero-order valence-corrected chi connectivity index (χ0v) is 16.8. The van der Waals surface area contributed by atoms with E-state index in [0.29, 0.717) is 5.92 Å². The lowest BCUT2D eigenvalue weighted by molar-refractivity contribution is -0.0394. The highest BCUT2D eigenvalue weighted by atomic mass is 16.5. The van der Waals surface area contributed by atoms with Crippen molar-refractivity contribution in [2.75, 3.05) is 13.2 Å². The van der Waals surface area contributed by atoms with E-state index in [1.807, 2.05) is 17.2 Å². The molecular weight excluding hydrogens is 350 g/mol. The SMILES string of the molecule is CC1(C)CC(Cn2cnc3cc(-c4cnn(C5CCCCO5)c4)ccc32)CN1. The maximum absolute atomic E-state index is 5.84. The molecule has 1 N–H and O–H groups in total. The van der Waals surface area contributed by atoms with Crippen LogP contribution in [0.2, 0.25) is 0 Å². The normalized spacial score (nSPS) is 24.8. The number of ether oxygens (including phenoxy) is 1. The van der Waals surface area contributed by atoms with E-state index >= 15 is 0 Å². The maximum Gasteiger partial charge on any atom is 0.150 e. The first-order chi connectivity index (χ1) is 13.6. The topological polar surface area (TPSA) is 56.9 Å². The van der Waals surface area contributed by atoms with E-state index in [9.17, 15) is 0 Å². The summed E-state index contributed by atoms with van der Waals surface area (Å²) in [6, 6.07) is 6.55. The number of hydrogen-bond donors (Lipinski definition) is 1. The fourth-order valence-corrected chi connectivity index (χ4v) is 4.66. The number of rotatable bonds is 4. The van der Waals surface area contributed by atoms with Crippen LogP contribution in [0.3, 0.4) is 0 Å². The predicted octanol–water partition coefficient (Wildman–Crippen LogP) is 3.99. The Morgan fingerprint density at radius 2 is 2.18 bits per heavy atom. The molecule has 4 heterocycles. The summed E-state index contributed by atoms with van der Waals surface area (Å²) in [5, 5.41) is 8.16. The van der Waals surface area contributed by atoms with Crippen LogP contribution in [0, 0.1) is 5.92 Å². The molecule has 0 saturated carbocycles. The third kappa shape index (κ3) is 3.47. The molecule has 6 heteroatoms. The summed E-state index contributed by atoms with van der Waals surface area (Å²) in [6.07, 6.45) is 10.7. The maximum atomic E-state index is 5.84. The van der Waals surface area contributed by atoms with Gasteiger partial charge in [-0.25, -0.2) is 9.67 Å². The largest absolute Gasteiger partial charge is 0.357 e. The van der Waals surface area contributed by atoms with Gasteiger partial charge in [-0.3, -0.25) is 0 Å². The van der Waals surface area contributed by atoms with Crippen LogP contribution < -0.4 is 5.32 Å². The molecule has 2 atom stereocenters. The molecule has 148 valence electrons. The van der Waals surface area contributed by atoms with Gasteiger partial charge in [-0.2, -0.15) is 5.10 Å². The number of fused-ring (bicyclic) bond motifs is 1. The van der Waals surface area contributed by atoms with Crippen molar-refractivity contribution in [3.8, 4) is 11.1 Å². The fraction of sp³-hybridized carbons (Fsp3) is 0.545. The molecule has 1 aromatic carbocycles. The Balaban J connectivity index is 1.35. The van der Waals surface area contributed by atoms with Crippen LogP contribution in [0.1, 0.15) is 45.8 Å². The monoisotopic (exact) mass is 379 g/mol. The minimum atomic E-state index is 0.0784. The smallest absolute Gasteiger partial charge is 0.150 e. The summed E-state index contributed by atoms with van der Waals surface area (Å²) >= 11 is 0. The van der Waals surface area contributed by atoms with Crippen LogP contribution in [-0.2, 0) is 11.3 Å². The van der Waals surface area contributed by atoms with E-state index in [1.165, 1.54) is 18.4 Å². The number of nitrogens with one attached hydrogen (secondary N) is 1. The molecule has 28 heavy (non-hydrogen) atoms. The molecule has 2 unspecified atom stereocenters. The summed E-state index contributed by atoms with van der Waals surface area (Å²) < 4.78 is 10.1. The van der Waals surface area contributed by atoms with Crippen molar-refractivity contribution in [1.29, 1.82) is 0 Å². The minimum Gasteiger partial charge on any atom is -0.357 e. The van der Waals surface area contributed by atoms with Crippen molar-refractivity contribution >= 4 is 11.0 Å². The molecule has 0 bridgehead atoms. The zero-order valence-electron chi connectivity index (χ0n) is 16.8. The first-order valence-electron chi connectivity index (χ1n) is 10.4. The van der Waals surface area contributed by atoms with Crippen LogP contribution in [0.25, 0.3) is 22.2 Å². The van der Waals surface area contributed by atoms with Gasteiger partial charge in [0.1, 0.15) is 6.23 Å². The lowest BCUT2D eigenvalue weighted by Gasteiger charge is -2.22. The summed E-state index contributed by atoms with van der Waals surface area (Å²) in [6.45, 7) is 7.49. The van der Waals surface area contributed by atoms with Crippen LogP contribution in [0.15, 0.2) is 36.9 Å². The van der Waals surface area contributed by atoms with Gasteiger partial charge >= 0.3 is 0 Å². The van der Waals surface area contributed by atoms with Gasteiger partial charge in [-0.15, -0.1) is 0 Å². The second kappa shape index (κ2) is 7.01. The number of aromatic nitrogens is 4. The van der Waals surface area contributed by atoms with E-state index in [-0.39, 0.29) is 11.8 Å². The van der Waals surface area contributed by atoms with E-state index in [2.05, 4.69) is 58.2 Å². The average molecular weight is 380 g/mol. The Labute approximate surface area is 165 Å². The quantitative estimate of drug-likeness (QED) is 0.745. The summed E-state index contributed by atoms with van der Waals surface area (Å²) in [5.41, 5.74) is 4.77. The number of hydrogen-bond acceptors (Lipinski definition) is 4. The van der Waals surface area contributed by atoms with Gasteiger partial charge in [-0.05, 0) is 63.1 Å². The van der Waals surface area contributed by atoms with Crippen molar-refractivity contribution in [3.63, 3.8) is 0 Å².